The van der Waals surface area contributed by atoms with Crippen LogP contribution in [0.4, 0.5) is 0 Å². The second kappa shape index (κ2) is 6.38. The van der Waals surface area contributed by atoms with Gasteiger partial charge in [0.25, 0.3) is 0 Å². The average Bonchev–Trinajstić information content (AvgIpc) is 1.95. The number of hydrogen-bond acceptors (Lipinski definition) is 3. The van der Waals surface area contributed by atoms with Crippen molar-refractivity contribution >= 4 is 5.91 Å². The highest BCUT2D eigenvalue weighted by atomic mass is 16.7. The van der Waals surface area contributed by atoms with E-state index in [1.54, 1.807) is 0 Å². The van der Waals surface area contributed by atoms with Gasteiger partial charge in [-0.05, 0) is 12.8 Å². The van der Waals surface area contributed by atoms with Gasteiger partial charge in [-0.25, -0.2) is 10.1 Å². The topological polar surface area (TPSA) is 98.3 Å². The van der Waals surface area contributed by atoms with Crippen LogP contribution in [0.15, 0.2) is 0 Å². The Labute approximate surface area is 70.2 Å². The Hall–Kier alpha value is -1.33. The number of nitro groups is 1. The summed E-state index contributed by atoms with van der Waals surface area (Å²) in [4.78, 5) is 20.0. The third kappa shape index (κ3) is 8.67. The molecular weight excluding hydrogens is 162 g/mol. The van der Waals surface area contributed by atoms with Crippen LogP contribution in [0.1, 0.15) is 25.7 Å². The van der Waals surface area contributed by atoms with Crippen LogP contribution < -0.4 is 11.2 Å². The van der Waals surface area contributed by atoms with Crippen LogP contribution in [0.25, 0.3) is 0 Å². The molecule has 12 heavy (non-hydrogen) atoms. The van der Waals surface area contributed by atoms with Crippen LogP contribution in [0, 0.1) is 10.1 Å². The Kier molecular flexibility index (Phi) is 5.68. The number of rotatable bonds is 7. The first-order valence-corrected chi connectivity index (χ1v) is 3.79. The van der Waals surface area contributed by atoms with Gasteiger partial charge in [-0.2, -0.15) is 0 Å². The number of nitrogens with zero attached hydrogens (tertiary/aromatic N) is 1. The molecule has 70 valence electrons. The molecule has 0 saturated heterocycles. The summed E-state index contributed by atoms with van der Waals surface area (Å²) < 4.78 is 0. The Bertz CT molecular complexity index is 142. The minimum Gasteiger partial charge on any atom is -0.370 e. The Balaban J connectivity index is 3.01. The van der Waals surface area contributed by atoms with Gasteiger partial charge in [0.05, 0.1) is 6.54 Å². The van der Waals surface area contributed by atoms with Crippen molar-refractivity contribution < 1.29 is 9.83 Å². The van der Waals surface area contributed by atoms with E-state index in [1.807, 2.05) is 5.43 Å². The van der Waals surface area contributed by atoms with E-state index in [0.717, 1.165) is 6.42 Å². The van der Waals surface area contributed by atoms with Crippen LogP contribution in [0.5, 0.6) is 0 Å². The number of carbonyl (C=O) groups is 1. The first kappa shape index (κ1) is 10.7. The summed E-state index contributed by atoms with van der Waals surface area (Å²) in [6.45, 7) is 0.339. The molecule has 0 aliphatic rings. The summed E-state index contributed by atoms with van der Waals surface area (Å²) in [6.07, 6.45) is 2.53. The summed E-state index contributed by atoms with van der Waals surface area (Å²) in [7, 11) is 0. The molecule has 6 nitrogen and oxygen atoms in total. The van der Waals surface area contributed by atoms with Crippen LogP contribution in [-0.2, 0) is 4.79 Å². The van der Waals surface area contributed by atoms with Gasteiger partial charge in [0, 0.05) is 6.42 Å². The summed E-state index contributed by atoms with van der Waals surface area (Å²) in [5.41, 5.74) is 6.93. The molecule has 0 fully saturated rings. The first-order valence-electron chi connectivity index (χ1n) is 3.79. The number of primary amides is 1. The highest BCUT2D eigenvalue weighted by molar-refractivity contribution is 5.73. The molecule has 0 aromatic heterocycles. The molecule has 3 N–H and O–H groups in total. The van der Waals surface area contributed by atoms with E-state index in [2.05, 4.69) is 0 Å². The molecule has 0 saturated carbocycles. The maximum absolute atomic E-state index is 10.2. The van der Waals surface area contributed by atoms with Crippen molar-refractivity contribution in [2.24, 2.45) is 5.73 Å². The minimum atomic E-state index is -0.575. The van der Waals surface area contributed by atoms with Crippen LogP contribution in [-0.4, -0.2) is 17.5 Å². The predicted octanol–water partition coefficient (Wildman–Crippen LogP) is -0.187. The molecule has 0 aromatic carbocycles. The van der Waals surface area contributed by atoms with Crippen LogP contribution >= 0.6 is 0 Å². The van der Waals surface area contributed by atoms with E-state index in [9.17, 15) is 14.9 Å². The van der Waals surface area contributed by atoms with Gasteiger partial charge in [-0.3, -0.25) is 4.79 Å². The Morgan fingerprint density at radius 2 is 2.08 bits per heavy atom. The monoisotopic (exact) mass is 175 g/mol. The summed E-state index contributed by atoms with van der Waals surface area (Å²) >= 11 is 0. The third-order valence-electron chi connectivity index (χ3n) is 1.34. The fourth-order valence-corrected chi connectivity index (χ4v) is 0.771. The lowest BCUT2D eigenvalue weighted by Crippen LogP contribution is -2.22. The number of hydrogen-bond donors (Lipinski definition) is 2. The molecule has 0 atom stereocenters. The van der Waals surface area contributed by atoms with Crippen LogP contribution in [0.3, 0.4) is 0 Å². The molecule has 0 aromatic rings. The molecule has 0 spiro atoms. The maximum Gasteiger partial charge on any atom is 0.217 e. The molecule has 0 bridgehead atoms. The van der Waals surface area contributed by atoms with E-state index < -0.39 is 5.03 Å². The number of nitrogens with two attached hydrogens (primary N) is 1. The number of nitrogens with one attached hydrogen (secondary N) is 1. The van der Waals surface area contributed by atoms with Gasteiger partial charge >= 0.3 is 0 Å². The van der Waals surface area contributed by atoms with Gasteiger partial charge in [-0.15, -0.1) is 5.43 Å². The van der Waals surface area contributed by atoms with Crippen molar-refractivity contribution in [1.82, 2.24) is 5.43 Å². The van der Waals surface area contributed by atoms with Crippen molar-refractivity contribution in [2.45, 2.75) is 25.7 Å². The van der Waals surface area contributed by atoms with Gasteiger partial charge in [0.1, 0.15) is 0 Å². The van der Waals surface area contributed by atoms with Crippen molar-refractivity contribution in [1.29, 1.82) is 0 Å². The highest BCUT2D eigenvalue weighted by Crippen LogP contribution is 1.97. The van der Waals surface area contributed by atoms with Crippen molar-refractivity contribution in [3.63, 3.8) is 0 Å². The number of carbonyl (C=O) groups excluding carboxylic acids is 1. The number of hydrazine groups is 1. The standard InChI is InChI=1S/C6H13N3O3/c7-6(10)4-2-1-3-5-8-9(11)12/h8H,1-5H2,(H2,7,10). The first-order chi connectivity index (χ1) is 5.63. The Morgan fingerprint density at radius 3 is 2.58 bits per heavy atom. The zero-order valence-electron chi connectivity index (χ0n) is 6.78. The average molecular weight is 175 g/mol. The zero-order chi connectivity index (χ0) is 9.40. The molecule has 0 rings (SSSR count). The maximum atomic E-state index is 10.2. The lowest BCUT2D eigenvalue weighted by Gasteiger charge is -1.97. The SMILES string of the molecule is NC(=O)CCCCCN[N+](=O)[O-]. The molecule has 0 aliphatic carbocycles. The van der Waals surface area contributed by atoms with Crippen molar-refractivity contribution in [3.05, 3.63) is 10.1 Å². The third-order valence-corrected chi connectivity index (χ3v) is 1.34. The molecular formula is C6H13N3O3. The quantitative estimate of drug-likeness (QED) is 0.318. The normalized spacial score (nSPS) is 9.33. The second-order valence-corrected chi connectivity index (χ2v) is 2.44. The van der Waals surface area contributed by atoms with E-state index in [1.165, 1.54) is 0 Å². The molecule has 6 heteroatoms. The highest BCUT2D eigenvalue weighted by Gasteiger charge is 1.96. The Morgan fingerprint density at radius 1 is 1.42 bits per heavy atom. The summed E-state index contributed by atoms with van der Waals surface area (Å²) in [6, 6.07) is 0. The molecule has 0 unspecified atom stereocenters. The molecule has 0 radical (unpaired) electrons. The van der Waals surface area contributed by atoms with Crippen LogP contribution in [0.2, 0.25) is 0 Å². The summed E-state index contributed by atoms with van der Waals surface area (Å²) in [5.74, 6) is -0.322. The van der Waals surface area contributed by atoms with E-state index in [4.69, 9.17) is 5.73 Å². The molecule has 0 heterocycles. The van der Waals surface area contributed by atoms with Crippen molar-refractivity contribution in [2.75, 3.05) is 6.54 Å². The smallest absolute Gasteiger partial charge is 0.217 e. The number of unbranched alkanes of at least 4 members (excludes halogenated alkanes) is 2. The van der Waals surface area contributed by atoms with E-state index in [0.29, 0.717) is 25.8 Å². The zero-order valence-corrected chi connectivity index (χ0v) is 6.78. The summed E-state index contributed by atoms with van der Waals surface area (Å²) in [5, 5.41) is 9.19. The van der Waals surface area contributed by atoms with Gasteiger partial charge in [0.15, 0.2) is 5.03 Å². The lowest BCUT2D eigenvalue weighted by atomic mass is 10.2. The molecule has 1 amide bonds. The van der Waals surface area contributed by atoms with Gasteiger partial charge < -0.3 is 5.73 Å². The van der Waals surface area contributed by atoms with Gasteiger partial charge in [-0.1, -0.05) is 6.42 Å². The van der Waals surface area contributed by atoms with E-state index >= 15 is 0 Å². The fraction of sp³-hybridized carbons (Fsp3) is 0.833. The van der Waals surface area contributed by atoms with Crippen molar-refractivity contribution in [3.8, 4) is 0 Å². The van der Waals surface area contributed by atoms with Gasteiger partial charge in [0.2, 0.25) is 5.91 Å². The lowest BCUT2D eigenvalue weighted by molar-refractivity contribution is -0.544. The number of amides is 1. The fourth-order valence-electron chi connectivity index (χ4n) is 0.771. The largest absolute Gasteiger partial charge is 0.370 e. The predicted molar refractivity (Wildman–Crippen MR) is 42.7 cm³/mol. The minimum absolute atomic E-state index is 0.322. The molecule has 0 aliphatic heterocycles. The van der Waals surface area contributed by atoms with E-state index in [-0.39, 0.29) is 5.91 Å². The second-order valence-electron chi connectivity index (χ2n) is 2.44.